The Morgan fingerprint density at radius 2 is 1.76 bits per heavy atom. The third kappa shape index (κ3) is 11.8. The van der Waals surface area contributed by atoms with Gasteiger partial charge in [-0.1, -0.05) is 43.7 Å². The average Bonchev–Trinajstić information content (AvgIpc) is 2.65. The molecule has 2 unspecified atom stereocenters. The van der Waals surface area contributed by atoms with Crippen LogP contribution >= 0.6 is 0 Å². The number of ketones is 1. The van der Waals surface area contributed by atoms with Crippen LogP contribution in [-0.4, -0.2) is 49.2 Å². The summed E-state index contributed by atoms with van der Waals surface area (Å²) in [4.78, 5) is 44.2. The molecule has 0 aromatic heterocycles. The fourth-order valence-electron chi connectivity index (χ4n) is 2.20. The van der Waals surface area contributed by atoms with E-state index >= 15 is 0 Å². The summed E-state index contributed by atoms with van der Waals surface area (Å²) in [6.07, 6.45) is 1.71. The van der Waals surface area contributed by atoms with Gasteiger partial charge < -0.3 is 21.1 Å². The average molecular weight is 408 g/mol. The predicted octanol–water partition coefficient (Wildman–Crippen LogP) is 1.29. The molecule has 4 N–H and O–H groups in total. The summed E-state index contributed by atoms with van der Waals surface area (Å²) in [6, 6.07) is 7.69. The number of ether oxygens (including phenoxy) is 1. The van der Waals surface area contributed by atoms with Crippen LogP contribution in [-0.2, 0) is 23.9 Å². The van der Waals surface area contributed by atoms with Gasteiger partial charge in [0.15, 0.2) is 12.3 Å². The number of nitrogens with two attached hydrogens (primary N) is 1. The van der Waals surface area contributed by atoms with Gasteiger partial charge in [-0.2, -0.15) is 0 Å². The van der Waals surface area contributed by atoms with Crippen LogP contribution in [0.2, 0.25) is 0 Å². The first-order chi connectivity index (χ1) is 13.6. The van der Waals surface area contributed by atoms with Gasteiger partial charge in [-0.25, -0.2) is 4.79 Å². The van der Waals surface area contributed by atoms with Crippen molar-refractivity contribution in [2.75, 3.05) is 13.6 Å². The summed E-state index contributed by atoms with van der Waals surface area (Å²) in [5.74, 6) is -1.22. The summed E-state index contributed by atoms with van der Waals surface area (Å²) < 4.78 is 5.36. The van der Waals surface area contributed by atoms with E-state index in [1.165, 1.54) is 0 Å². The van der Waals surface area contributed by atoms with Crippen LogP contribution in [0, 0.1) is 0 Å². The van der Waals surface area contributed by atoms with Gasteiger partial charge in [0.2, 0.25) is 11.7 Å². The molecule has 0 heterocycles. The molecule has 2 atom stereocenters. The smallest absolute Gasteiger partial charge is 0.333 e. The van der Waals surface area contributed by atoms with E-state index in [1.54, 1.807) is 40.0 Å². The number of amides is 1. The molecule has 0 aliphatic rings. The molecule has 162 valence electrons. The zero-order valence-corrected chi connectivity index (χ0v) is 17.9. The van der Waals surface area contributed by atoms with E-state index in [2.05, 4.69) is 10.6 Å². The number of esters is 1. The normalized spacial score (nSPS) is 12.6. The van der Waals surface area contributed by atoms with Gasteiger partial charge in [0, 0.05) is 0 Å². The molecule has 1 aromatic carbocycles. The standard InChI is InChI=1S/C15H22N2O3.C6H11NO2/c1-15(2,3)20-14(19)13(17-12(18)10-16-4)11-8-6-5-7-9-11;1-2-3-5(7)6(9)4-8/h5-9,13,16H,10H2,1-4H3,(H,17,18);4-5H,2-3,7H2,1H3. The van der Waals surface area contributed by atoms with Crippen molar-refractivity contribution in [3.63, 3.8) is 0 Å². The van der Waals surface area contributed by atoms with Gasteiger partial charge in [0.05, 0.1) is 12.6 Å². The van der Waals surface area contributed by atoms with E-state index in [-0.39, 0.29) is 18.7 Å². The second-order valence-corrected chi connectivity index (χ2v) is 7.39. The highest BCUT2D eigenvalue weighted by atomic mass is 16.6. The summed E-state index contributed by atoms with van der Waals surface area (Å²) >= 11 is 0. The Morgan fingerprint density at radius 3 is 2.21 bits per heavy atom. The summed E-state index contributed by atoms with van der Waals surface area (Å²) in [6.45, 7) is 7.44. The zero-order chi connectivity index (χ0) is 22.4. The number of carbonyl (C=O) groups is 4. The number of nitrogens with one attached hydrogen (secondary N) is 2. The molecule has 0 fully saturated rings. The maximum absolute atomic E-state index is 12.2. The van der Waals surface area contributed by atoms with E-state index in [4.69, 9.17) is 10.5 Å². The van der Waals surface area contributed by atoms with Gasteiger partial charge in [-0.15, -0.1) is 0 Å². The molecule has 0 aliphatic heterocycles. The van der Waals surface area contributed by atoms with Gasteiger partial charge in [0.25, 0.3) is 0 Å². The number of likely N-dealkylation sites (N-methyl/N-ethyl adjacent to an activating group) is 1. The largest absolute Gasteiger partial charge is 0.458 e. The lowest BCUT2D eigenvalue weighted by molar-refractivity contribution is -0.158. The number of hydrogen-bond donors (Lipinski definition) is 3. The van der Waals surface area contributed by atoms with Gasteiger partial charge >= 0.3 is 5.97 Å². The van der Waals surface area contributed by atoms with E-state index in [1.807, 2.05) is 25.1 Å². The highest BCUT2D eigenvalue weighted by Gasteiger charge is 2.27. The number of Topliss-reactive ketones (excluding diaryl/α,β-unsaturated/α-hetero) is 1. The third-order valence-corrected chi connectivity index (χ3v) is 3.50. The van der Waals surface area contributed by atoms with Crippen molar-refractivity contribution < 1.29 is 23.9 Å². The van der Waals surface area contributed by atoms with E-state index in [0.29, 0.717) is 12.0 Å². The minimum absolute atomic E-state index is 0.145. The fourth-order valence-corrected chi connectivity index (χ4v) is 2.20. The van der Waals surface area contributed by atoms with Crippen molar-refractivity contribution in [1.29, 1.82) is 0 Å². The Kier molecular flexibility index (Phi) is 12.4. The number of aldehydes is 1. The first-order valence-electron chi connectivity index (χ1n) is 9.52. The van der Waals surface area contributed by atoms with Crippen LogP contribution in [0.4, 0.5) is 0 Å². The Labute approximate surface area is 172 Å². The van der Waals surface area contributed by atoms with Crippen LogP contribution in [0.15, 0.2) is 30.3 Å². The van der Waals surface area contributed by atoms with E-state index < -0.39 is 29.4 Å². The fraction of sp³-hybridized carbons (Fsp3) is 0.524. The van der Waals surface area contributed by atoms with Crippen molar-refractivity contribution in [3.05, 3.63) is 35.9 Å². The summed E-state index contributed by atoms with van der Waals surface area (Å²) in [7, 11) is 1.67. The minimum atomic E-state index is -0.795. The number of carbonyl (C=O) groups excluding carboxylic acids is 4. The van der Waals surface area contributed by atoms with Crippen molar-refractivity contribution in [2.24, 2.45) is 5.73 Å². The van der Waals surface area contributed by atoms with Gasteiger partial charge in [0.1, 0.15) is 5.60 Å². The number of hydrogen-bond acceptors (Lipinski definition) is 7. The number of benzene rings is 1. The van der Waals surface area contributed by atoms with Crippen LogP contribution in [0.5, 0.6) is 0 Å². The molecule has 1 aromatic rings. The van der Waals surface area contributed by atoms with Crippen molar-refractivity contribution >= 4 is 23.9 Å². The first kappa shape index (κ1) is 26.4. The second kappa shape index (κ2) is 13.6. The monoisotopic (exact) mass is 407 g/mol. The topological polar surface area (TPSA) is 128 Å². The molecule has 1 amide bonds. The molecular weight excluding hydrogens is 374 g/mol. The highest BCUT2D eigenvalue weighted by molar-refractivity contribution is 6.27. The van der Waals surface area contributed by atoms with Crippen molar-refractivity contribution in [1.82, 2.24) is 10.6 Å². The lowest BCUT2D eigenvalue weighted by Crippen LogP contribution is -2.41. The highest BCUT2D eigenvalue weighted by Crippen LogP contribution is 2.18. The Hall–Kier alpha value is -2.58. The molecule has 0 aliphatic carbocycles. The lowest BCUT2D eigenvalue weighted by atomic mass is 10.1. The second-order valence-electron chi connectivity index (χ2n) is 7.39. The molecule has 0 saturated heterocycles. The Morgan fingerprint density at radius 1 is 1.17 bits per heavy atom. The molecule has 8 heteroatoms. The van der Waals surface area contributed by atoms with Crippen LogP contribution in [0.25, 0.3) is 0 Å². The Bertz CT molecular complexity index is 656. The molecule has 0 saturated carbocycles. The minimum Gasteiger partial charge on any atom is -0.458 e. The summed E-state index contributed by atoms with van der Waals surface area (Å²) in [5.41, 5.74) is 5.36. The maximum atomic E-state index is 12.2. The van der Waals surface area contributed by atoms with Crippen molar-refractivity contribution in [2.45, 2.75) is 58.2 Å². The van der Waals surface area contributed by atoms with Gasteiger partial charge in [-0.3, -0.25) is 14.4 Å². The van der Waals surface area contributed by atoms with Crippen LogP contribution < -0.4 is 16.4 Å². The first-order valence-corrected chi connectivity index (χ1v) is 9.52. The molecular formula is C21H33N3O5. The molecule has 0 bridgehead atoms. The molecule has 8 nitrogen and oxygen atoms in total. The predicted molar refractivity (Wildman–Crippen MR) is 111 cm³/mol. The van der Waals surface area contributed by atoms with Crippen LogP contribution in [0.1, 0.15) is 52.1 Å². The molecule has 1 rings (SSSR count). The Balaban J connectivity index is 0.000000734. The summed E-state index contributed by atoms with van der Waals surface area (Å²) in [5, 5.41) is 5.43. The zero-order valence-electron chi connectivity index (χ0n) is 17.9. The van der Waals surface area contributed by atoms with Crippen molar-refractivity contribution in [3.8, 4) is 0 Å². The quantitative estimate of drug-likeness (QED) is 0.320. The third-order valence-electron chi connectivity index (χ3n) is 3.50. The SMILES string of the molecule is CCCC(N)C(=O)C=O.CNCC(=O)NC(C(=O)OC(C)(C)C)c1ccccc1. The lowest BCUT2D eigenvalue weighted by Gasteiger charge is -2.24. The van der Waals surface area contributed by atoms with E-state index in [9.17, 15) is 19.2 Å². The van der Waals surface area contributed by atoms with E-state index in [0.717, 1.165) is 6.42 Å². The number of rotatable bonds is 9. The maximum Gasteiger partial charge on any atom is 0.333 e. The van der Waals surface area contributed by atoms with Gasteiger partial charge in [-0.05, 0) is 39.8 Å². The molecule has 29 heavy (non-hydrogen) atoms. The van der Waals surface area contributed by atoms with Crippen LogP contribution in [0.3, 0.4) is 0 Å². The molecule has 0 spiro atoms. The molecule has 0 radical (unpaired) electrons.